The van der Waals surface area contributed by atoms with Gasteiger partial charge in [-0.05, 0) is 23.1 Å². The number of rotatable bonds is 5. The minimum absolute atomic E-state index is 0.0361. The molecule has 0 unspecified atom stereocenters. The average Bonchev–Trinajstić information content (AvgIpc) is 3.21. The number of halogens is 2. The Hall–Kier alpha value is -3.39. The monoisotopic (exact) mass is 411 g/mol. The molecule has 2 aromatic heterocycles. The molecule has 0 fully saturated rings. The first kappa shape index (κ1) is 18.9. The third kappa shape index (κ3) is 4.07. The van der Waals surface area contributed by atoms with Gasteiger partial charge in [-0.25, -0.2) is 18.4 Å². The number of thiophene rings is 1. The molecule has 0 aliphatic rings. The van der Waals surface area contributed by atoms with Crippen LogP contribution in [0.4, 0.5) is 8.78 Å². The van der Waals surface area contributed by atoms with Crippen LogP contribution in [0.1, 0.15) is 16.3 Å². The van der Waals surface area contributed by atoms with Crippen molar-refractivity contribution >= 4 is 28.1 Å². The van der Waals surface area contributed by atoms with E-state index in [1.54, 1.807) is 12.1 Å². The van der Waals surface area contributed by atoms with E-state index in [-0.39, 0.29) is 29.6 Å². The zero-order chi connectivity index (χ0) is 20.4. The summed E-state index contributed by atoms with van der Waals surface area (Å²) in [6, 6.07) is 14.5. The smallest absolute Gasteiger partial charge is 0.273 e. The SMILES string of the molecule is O=C(Cc1ccccc1)Nn1c(Cc2cccs2)nc2cc(F)c(F)cc2c1=O. The van der Waals surface area contributed by atoms with Crippen molar-refractivity contribution in [3.63, 3.8) is 0 Å². The Morgan fingerprint density at radius 3 is 2.55 bits per heavy atom. The largest absolute Gasteiger partial charge is 0.280 e. The summed E-state index contributed by atoms with van der Waals surface area (Å²) in [4.78, 5) is 30.7. The summed E-state index contributed by atoms with van der Waals surface area (Å²) in [5.74, 6) is -2.42. The van der Waals surface area contributed by atoms with Gasteiger partial charge in [0.15, 0.2) is 11.6 Å². The van der Waals surface area contributed by atoms with Crippen LogP contribution < -0.4 is 11.0 Å². The van der Waals surface area contributed by atoms with Crippen LogP contribution in [0.25, 0.3) is 10.9 Å². The van der Waals surface area contributed by atoms with Crippen LogP contribution in [0.15, 0.2) is 64.8 Å². The van der Waals surface area contributed by atoms with Gasteiger partial charge < -0.3 is 0 Å². The number of benzene rings is 2. The molecular formula is C21H15F2N3O2S. The van der Waals surface area contributed by atoms with Crippen LogP contribution in [0.3, 0.4) is 0 Å². The van der Waals surface area contributed by atoms with E-state index in [0.717, 1.165) is 27.2 Å². The minimum atomic E-state index is -1.15. The highest BCUT2D eigenvalue weighted by Crippen LogP contribution is 2.17. The maximum atomic E-state index is 13.7. The molecule has 0 bridgehead atoms. The molecule has 4 aromatic rings. The molecule has 0 saturated heterocycles. The second-order valence-electron chi connectivity index (χ2n) is 6.41. The van der Waals surface area contributed by atoms with E-state index in [1.807, 2.05) is 35.7 Å². The average molecular weight is 411 g/mol. The third-order valence-corrected chi connectivity index (χ3v) is 5.21. The maximum absolute atomic E-state index is 13.7. The number of carbonyl (C=O) groups excluding carboxylic acids is 1. The van der Waals surface area contributed by atoms with Crippen molar-refractivity contribution in [2.45, 2.75) is 12.8 Å². The molecule has 29 heavy (non-hydrogen) atoms. The second kappa shape index (κ2) is 7.92. The van der Waals surface area contributed by atoms with Crippen LogP contribution in [0, 0.1) is 11.6 Å². The fourth-order valence-corrected chi connectivity index (χ4v) is 3.68. The molecule has 0 atom stereocenters. The molecule has 2 heterocycles. The normalized spacial score (nSPS) is 11.0. The first-order valence-corrected chi connectivity index (χ1v) is 9.66. The van der Waals surface area contributed by atoms with Crippen LogP contribution in [-0.4, -0.2) is 15.6 Å². The fourth-order valence-electron chi connectivity index (χ4n) is 2.98. The van der Waals surface area contributed by atoms with E-state index in [0.29, 0.717) is 0 Å². The van der Waals surface area contributed by atoms with Crippen LogP contribution >= 0.6 is 11.3 Å². The molecule has 4 rings (SSSR count). The van der Waals surface area contributed by atoms with Gasteiger partial charge in [0.25, 0.3) is 5.56 Å². The number of carbonyl (C=O) groups is 1. The molecule has 0 radical (unpaired) electrons. The van der Waals surface area contributed by atoms with Gasteiger partial charge in [0.05, 0.1) is 17.3 Å². The predicted molar refractivity (Wildman–Crippen MR) is 108 cm³/mol. The molecule has 0 saturated carbocycles. The highest BCUT2D eigenvalue weighted by atomic mass is 32.1. The summed E-state index contributed by atoms with van der Waals surface area (Å²) >= 11 is 1.46. The number of fused-ring (bicyclic) bond motifs is 1. The van der Waals surface area contributed by atoms with Crippen molar-refractivity contribution in [3.8, 4) is 0 Å². The number of amides is 1. The summed E-state index contributed by atoms with van der Waals surface area (Å²) in [6.45, 7) is 0. The summed E-state index contributed by atoms with van der Waals surface area (Å²) in [5, 5.41) is 1.76. The molecule has 2 aromatic carbocycles. The summed E-state index contributed by atoms with van der Waals surface area (Å²) in [5.41, 5.74) is 2.71. The number of nitrogens with zero attached hydrogens (tertiary/aromatic N) is 2. The fraction of sp³-hybridized carbons (Fsp3) is 0.0952. The van der Waals surface area contributed by atoms with Gasteiger partial charge in [0, 0.05) is 17.4 Å². The topological polar surface area (TPSA) is 64.0 Å². The van der Waals surface area contributed by atoms with Gasteiger partial charge in [-0.1, -0.05) is 36.4 Å². The number of hydrogen-bond acceptors (Lipinski definition) is 4. The zero-order valence-electron chi connectivity index (χ0n) is 15.1. The van der Waals surface area contributed by atoms with E-state index in [9.17, 15) is 18.4 Å². The zero-order valence-corrected chi connectivity index (χ0v) is 15.9. The van der Waals surface area contributed by atoms with Gasteiger partial charge in [-0.2, -0.15) is 0 Å². The lowest BCUT2D eigenvalue weighted by atomic mass is 10.1. The van der Waals surface area contributed by atoms with Crippen molar-refractivity contribution in [2.75, 3.05) is 5.43 Å². The number of aromatic nitrogens is 2. The van der Waals surface area contributed by atoms with Gasteiger partial charge in [-0.15, -0.1) is 11.3 Å². The standard InChI is InChI=1S/C21H15F2N3O2S/c22-16-11-15-18(12-17(16)23)24-19(10-14-7-4-8-29-14)26(21(15)28)25-20(27)9-13-5-2-1-3-6-13/h1-8,11-12H,9-10H2,(H,25,27). The van der Waals surface area contributed by atoms with Gasteiger partial charge in [0.1, 0.15) is 5.82 Å². The number of nitrogens with one attached hydrogen (secondary N) is 1. The highest BCUT2D eigenvalue weighted by Gasteiger charge is 2.17. The Balaban J connectivity index is 1.77. The quantitative estimate of drug-likeness (QED) is 0.545. The van der Waals surface area contributed by atoms with E-state index in [4.69, 9.17) is 0 Å². The van der Waals surface area contributed by atoms with E-state index in [1.165, 1.54) is 11.3 Å². The van der Waals surface area contributed by atoms with Gasteiger partial charge in [-0.3, -0.25) is 15.0 Å². The van der Waals surface area contributed by atoms with Crippen molar-refractivity contribution in [1.82, 2.24) is 9.66 Å². The molecule has 8 heteroatoms. The molecular weight excluding hydrogens is 396 g/mol. The molecule has 1 amide bonds. The van der Waals surface area contributed by atoms with Gasteiger partial charge >= 0.3 is 0 Å². The number of hydrogen-bond donors (Lipinski definition) is 1. The lowest BCUT2D eigenvalue weighted by molar-refractivity contribution is -0.116. The first-order chi connectivity index (χ1) is 14.0. The third-order valence-electron chi connectivity index (χ3n) is 4.34. The Morgan fingerprint density at radius 1 is 1.07 bits per heavy atom. The Morgan fingerprint density at radius 2 is 1.83 bits per heavy atom. The van der Waals surface area contributed by atoms with E-state index >= 15 is 0 Å². The van der Waals surface area contributed by atoms with Crippen LogP contribution in [-0.2, 0) is 17.6 Å². The Kier molecular flexibility index (Phi) is 5.18. The van der Waals surface area contributed by atoms with E-state index in [2.05, 4.69) is 10.4 Å². The minimum Gasteiger partial charge on any atom is -0.273 e. The molecule has 0 spiro atoms. The molecule has 1 N–H and O–H groups in total. The van der Waals surface area contributed by atoms with Crippen molar-refractivity contribution in [3.05, 3.63) is 98.2 Å². The lowest BCUT2D eigenvalue weighted by Gasteiger charge is -2.14. The maximum Gasteiger partial charge on any atom is 0.280 e. The van der Waals surface area contributed by atoms with Crippen LogP contribution in [0.2, 0.25) is 0 Å². The molecule has 0 aliphatic carbocycles. The first-order valence-electron chi connectivity index (χ1n) is 8.78. The Labute approximate surface area is 168 Å². The summed E-state index contributed by atoms with van der Waals surface area (Å²) < 4.78 is 28.3. The second-order valence-corrected chi connectivity index (χ2v) is 7.44. The highest BCUT2D eigenvalue weighted by molar-refractivity contribution is 7.09. The van der Waals surface area contributed by atoms with Crippen molar-refractivity contribution < 1.29 is 13.6 Å². The molecule has 0 aliphatic heterocycles. The lowest BCUT2D eigenvalue weighted by Crippen LogP contribution is -2.37. The van der Waals surface area contributed by atoms with Crippen molar-refractivity contribution in [2.24, 2.45) is 0 Å². The van der Waals surface area contributed by atoms with E-state index < -0.39 is 23.1 Å². The summed E-state index contributed by atoms with van der Waals surface area (Å²) in [7, 11) is 0. The predicted octanol–water partition coefficient (Wildman–Crippen LogP) is 3.64. The molecule has 5 nitrogen and oxygen atoms in total. The van der Waals surface area contributed by atoms with Crippen molar-refractivity contribution in [1.29, 1.82) is 0 Å². The Bertz CT molecular complexity index is 1240. The summed E-state index contributed by atoms with van der Waals surface area (Å²) in [6.07, 6.45) is 0.314. The van der Waals surface area contributed by atoms with Crippen LogP contribution in [0.5, 0.6) is 0 Å². The molecule has 146 valence electrons. The van der Waals surface area contributed by atoms with Gasteiger partial charge in [0.2, 0.25) is 5.91 Å².